The summed E-state index contributed by atoms with van der Waals surface area (Å²) in [6.07, 6.45) is -0.180. The monoisotopic (exact) mass is 483 g/mol. The number of nitrogens with zero attached hydrogens (tertiary/aromatic N) is 3. The molecule has 1 atom stereocenters. The number of aliphatic hydroxyl groups excluding tert-OH is 1. The lowest BCUT2D eigenvalue weighted by Gasteiger charge is -2.32. The largest absolute Gasteiger partial charge is 0.393 e. The third-order valence-electron chi connectivity index (χ3n) is 5.86. The number of benzene rings is 1. The van der Waals surface area contributed by atoms with E-state index in [1.54, 1.807) is 25.1 Å². The molecule has 1 unspecified atom stereocenters. The first-order chi connectivity index (χ1) is 16.3. The summed E-state index contributed by atoms with van der Waals surface area (Å²) in [6, 6.07) is 12.2. The number of primary amides is 1. The maximum Gasteiger partial charge on any atom is 0.251 e. The maximum atomic E-state index is 14.8. The van der Waals surface area contributed by atoms with E-state index in [1.165, 1.54) is 17.4 Å². The molecular weight excluding hydrogens is 453 g/mol. The highest BCUT2D eigenvalue weighted by atomic mass is 32.1. The lowest BCUT2D eigenvalue weighted by molar-refractivity contribution is 0.100. The van der Waals surface area contributed by atoms with Gasteiger partial charge in [0.2, 0.25) is 0 Å². The predicted octanol–water partition coefficient (Wildman–Crippen LogP) is 3.46. The molecule has 7 nitrogen and oxygen atoms in total. The number of aliphatic hydroxyl groups is 1. The van der Waals surface area contributed by atoms with Crippen LogP contribution in [0.4, 0.5) is 15.2 Å². The number of likely N-dealkylation sites (N-methyl/N-ethyl adjacent to an activating group) is 1. The van der Waals surface area contributed by atoms with Gasteiger partial charge in [0.05, 0.1) is 17.4 Å². The van der Waals surface area contributed by atoms with E-state index in [0.717, 1.165) is 38.4 Å². The molecule has 4 N–H and O–H groups in total. The van der Waals surface area contributed by atoms with Crippen molar-refractivity contribution < 1.29 is 14.3 Å². The van der Waals surface area contributed by atoms with Gasteiger partial charge in [-0.1, -0.05) is 18.2 Å². The molecule has 1 aromatic carbocycles. The third kappa shape index (κ3) is 5.98. The summed E-state index contributed by atoms with van der Waals surface area (Å²) < 4.78 is 14.8. The highest BCUT2D eigenvalue weighted by Crippen LogP contribution is 2.38. The van der Waals surface area contributed by atoms with E-state index in [9.17, 15) is 14.3 Å². The molecule has 3 aromatic rings. The number of anilines is 2. The summed E-state index contributed by atoms with van der Waals surface area (Å²) >= 11 is 1.25. The summed E-state index contributed by atoms with van der Waals surface area (Å²) in [5.41, 5.74) is 7.94. The Kier molecular flexibility index (Phi) is 7.57. The van der Waals surface area contributed by atoms with Gasteiger partial charge in [-0.3, -0.25) is 9.69 Å². The molecule has 1 saturated heterocycles. The lowest BCUT2D eigenvalue weighted by Crippen LogP contribution is -2.44. The second-order valence-electron chi connectivity index (χ2n) is 8.80. The Morgan fingerprint density at radius 2 is 2.00 bits per heavy atom. The molecule has 0 aliphatic carbocycles. The summed E-state index contributed by atoms with van der Waals surface area (Å²) in [4.78, 5) is 22.1. The zero-order valence-electron chi connectivity index (χ0n) is 19.4. The van der Waals surface area contributed by atoms with Crippen molar-refractivity contribution >= 4 is 28.1 Å². The Hall–Kier alpha value is -2.85. The van der Waals surface area contributed by atoms with Gasteiger partial charge in [0.1, 0.15) is 16.6 Å². The first-order valence-electron chi connectivity index (χ1n) is 11.3. The molecule has 0 spiro atoms. The van der Waals surface area contributed by atoms with E-state index < -0.39 is 17.8 Å². The number of hydrogen-bond donors (Lipinski definition) is 3. The highest BCUT2D eigenvalue weighted by molar-refractivity contribution is 7.19. The van der Waals surface area contributed by atoms with Crippen LogP contribution >= 0.6 is 11.3 Å². The SMILES string of the molecule is CC(O)Cc1ccc(-c2cc(C(N)=O)c(Nc3cccc(CN4CCN(C)CC4)n3)s2)c(F)c1. The number of thiophene rings is 1. The van der Waals surface area contributed by atoms with Crippen molar-refractivity contribution in [3.05, 3.63) is 65.1 Å². The normalized spacial score (nSPS) is 15.9. The van der Waals surface area contributed by atoms with Crippen LogP contribution in [0.1, 0.15) is 28.5 Å². The molecule has 1 aliphatic rings. The van der Waals surface area contributed by atoms with Crippen LogP contribution in [0.5, 0.6) is 0 Å². The van der Waals surface area contributed by atoms with Crippen LogP contribution in [0.25, 0.3) is 10.4 Å². The number of pyridine rings is 1. The van der Waals surface area contributed by atoms with Crippen molar-refractivity contribution in [2.75, 3.05) is 38.5 Å². The van der Waals surface area contributed by atoms with Gasteiger partial charge in [0, 0.05) is 43.2 Å². The lowest BCUT2D eigenvalue weighted by atomic mass is 10.0. The fourth-order valence-electron chi connectivity index (χ4n) is 4.01. The Bertz CT molecular complexity index is 1160. The van der Waals surface area contributed by atoms with Crippen LogP contribution in [-0.2, 0) is 13.0 Å². The quantitative estimate of drug-likeness (QED) is 0.454. The minimum atomic E-state index is -0.593. The topological polar surface area (TPSA) is 94.7 Å². The summed E-state index contributed by atoms with van der Waals surface area (Å²) in [5, 5.41) is 13.3. The van der Waals surface area contributed by atoms with Crippen molar-refractivity contribution in [1.82, 2.24) is 14.8 Å². The van der Waals surface area contributed by atoms with Crippen molar-refractivity contribution in [1.29, 1.82) is 0 Å². The van der Waals surface area contributed by atoms with E-state index in [4.69, 9.17) is 10.7 Å². The Labute approximate surface area is 203 Å². The number of nitrogens with one attached hydrogen (secondary N) is 1. The van der Waals surface area contributed by atoms with Crippen LogP contribution in [0.15, 0.2) is 42.5 Å². The molecule has 0 bridgehead atoms. The van der Waals surface area contributed by atoms with E-state index in [-0.39, 0.29) is 0 Å². The molecular formula is C25H30FN5O2S. The first-order valence-corrected chi connectivity index (χ1v) is 12.1. The van der Waals surface area contributed by atoms with Gasteiger partial charge >= 0.3 is 0 Å². The summed E-state index contributed by atoms with van der Waals surface area (Å²) in [6.45, 7) is 6.49. The summed E-state index contributed by atoms with van der Waals surface area (Å²) in [7, 11) is 2.13. The average molecular weight is 484 g/mol. The number of carbonyl (C=O) groups is 1. The zero-order valence-corrected chi connectivity index (χ0v) is 20.2. The number of rotatable bonds is 8. The predicted molar refractivity (Wildman–Crippen MR) is 134 cm³/mol. The van der Waals surface area contributed by atoms with Gasteiger partial charge < -0.3 is 21.1 Å². The van der Waals surface area contributed by atoms with Crippen molar-refractivity contribution in [3.63, 3.8) is 0 Å². The van der Waals surface area contributed by atoms with Crippen LogP contribution in [-0.4, -0.2) is 65.1 Å². The van der Waals surface area contributed by atoms with Crippen LogP contribution in [0.2, 0.25) is 0 Å². The van der Waals surface area contributed by atoms with Crippen LogP contribution in [0, 0.1) is 5.82 Å². The van der Waals surface area contributed by atoms with Crippen LogP contribution in [0.3, 0.4) is 0 Å². The van der Waals surface area contributed by atoms with Gasteiger partial charge in [0.15, 0.2) is 0 Å². The number of amides is 1. The van der Waals surface area contributed by atoms with Gasteiger partial charge in [0.25, 0.3) is 5.91 Å². The smallest absolute Gasteiger partial charge is 0.251 e. The van der Waals surface area contributed by atoms with E-state index in [0.29, 0.717) is 38.8 Å². The third-order valence-corrected chi connectivity index (χ3v) is 6.94. The molecule has 1 fully saturated rings. The molecule has 1 aliphatic heterocycles. The molecule has 3 heterocycles. The molecule has 2 aromatic heterocycles. The van der Waals surface area contributed by atoms with Gasteiger partial charge in [-0.2, -0.15) is 0 Å². The molecule has 0 radical (unpaired) electrons. The average Bonchev–Trinajstić information content (AvgIpc) is 3.19. The Morgan fingerprint density at radius 1 is 1.24 bits per heavy atom. The second kappa shape index (κ2) is 10.6. The van der Waals surface area contributed by atoms with E-state index in [2.05, 4.69) is 22.2 Å². The second-order valence-corrected chi connectivity index (χ2v) is 9.86. The summed E-state index contributed by atoms with van der Waals surface area (Å²) in [5.74, 6) is -0.394. The van der Waals surface area contributed by atoms with E-state index in [1.807, 2.05) is 18.2 Å². The number of aromatic nitrogens is 1. The van der Waals surface area contributed by atoms with E-state index >= 15 is 0 Å². The van der Waals surface area contributed by atoms with Crippen molar-refractivity contribution in [3.8, 4) is 10.4 Å². The minimum absolute atomic E-state index is 0.290. The highest BCUT2D eigenvalue weighted by Gasteiger charge is 2.19. The fraction of sp³-hybridized carbons (Fsp3) is 0.360. The molecule has 180 valence electrons. The number of nitrogens with two attached hydrogens (primary N) is 1. The number of halogens is 1. The molecule has 4 rings (SSSR count). The molecule has 0 saturated carbocycles. The van der Waals surface area contributed by atoms with Crippen LogP contribution < -0.4 is 11.1 Å². The van der Waals surface area contributed by atoms with Crippen molar-refractivity contribution in [2.45, 2.75) is 26.0 Å². The van der Waals surface area contributed by atoms with Crippen molar-refractivity contribution in [2.24, 2.45) is 5.73 Å². The maximum absolute atomic E-state index is 14.8. The zero-order chi connectivity index (χ0) is 24.2. The molecule has 1 amide bonds. The standard InChI is InChI=1S/C25H30FN5O2S/c1-16(32)12-17-6-7-19(21(26)13-17)22-14-20(24(27)33)25(34-22)29-23-5-3-4-18(28-23)15-31-10-8-30(2)9-11-31/h3-7,13-14,16,32H,8-12,15H2,1-2H3,(H2,27,33)(H,28,29). The number of carbonyl (C=O) groups excluding carboxylic acids is 1. The minimum Gasteiger partial charge on any atom is -0.393 e. The van der Waals surface area contributed by atoms with Gasteiger partial charge in [-0.05, 0) is 50.2 Å². The van der Waals surface area contributed by atoms with Gasteiger partial charge in [-0.15, -0.1) is 11.3 Å². The molecule has 34 heavy (non-hydrogen) atoms. The fourth-order valence-corrected chi connectivity index (χ4v) is 5.11. The molecule has 9 heteroatoms. The number of hydrogen-bond acceptors (Lipinski definition) is 7. The van der Waals surface area contributed by atoms with Gasteiger partial charge in [-0.25, -0.2) is 9.37 Å². The Balaban J connectivity index is 1.54. The first kappa shape index (κ1) is 24.3. The Morgan fingerprint density at radius 3 is 2.68 bits per heavy atom. The number of piperazine rings is 1.